The van der Waals surface area contributed by atoms with Crippen molar-refractivity contribution in [3.8, 4) is 11.5 Å². The predicted octanol–water partition coefficient (Wildman–Crippen LogP) is 3.45. The normalized spacial score (nSPS) is 17.6. The molecule has 0 radical (unpaired) electrons. The van der Waals surface area contributed by atoms with Gasteiger partial charge in [0, 0.05) is 60.5 Å². The van der Waals surface area contributed by atoms with Crippen molar-refractivity contribution in [1.29, 1.82) is 5.41 Å². The van der Waals surface area contributed by atoms with Crippen molar-refractivity contribution < 1.29 is 23.5 Å². The zero-order chi connectivity index (χ0) is 25.2. The first-order chi connectivity index (χ1) is 16.9. The van der Waals surface area contributed by atoms with E-state index >= 15 is 0 Å². The van der Waals surface area contributed by atoms with Gasteiger partial charge in [-0.15, -0.1) is 0 Å². The third kappa shape index (κ3) is 4.34. The molecule has 4 rings (SSSR count). The molecular weight excluding hydrogens is 451 g/mol. The SMILES string of the molecule is COc1ccc(C(=O)N2CCC3(CC2)CCN(c2ccc(/C(C=N)=C/N)c(OC)c2)C3=O)cc1F. The highest BCUT2D eigenvalue weighted by Crippen LogP contribution is 2.44. The van der Waals surface area contributed by atoms with E-state index in [4.69, 9.17) is 20.6 Å². The van der Waals surface area contributed by atoms with Crippen molar-refractivity contribution in [1.82, 2.24) is 4.90 Å². The Balaban J connectivity index is 1.47. The largest absolute Gasteiger partial charge is 0.496 e. The molecule has 1 spiro atoms. The van der Waals surface area contributed by atoms with Crippen LogP contribution in [-0.4, -0.2) is 56.8 Å². The average molecular weight is 481 g/mol. The number of hydrogen-bond donors (Lipinski definition) is 2. The number of anilines is 1. The number of likely N-dealkylation sites (tertiary alicyclic amines) is 1. The number of nitrogens with zero attached hydrogens (tertiary/aromatic N) is 2. The Morgan fingerprint density at radius 3 is 2.34 bits per heavy atom. The molecule has 184 valence electrons. The van der Waals surface area contributed by atoms with Gasteiger partial charge < -0.3 is 30.4 Å². The molecule has 3 N–H and O–H groups in total. The molecule has 0 aromatic heterocycles. The fourth-order valence-electron chi connectivity index (χ4n) is 4.95. The maximum Gasteiger partial charge on any atom is 0.253 e. The van der Waals surface area contributed by atoms with Gasteiger partial charge in [-0.05, 0) is 49.6 Å². The summed E-state index contributed by atoms with van der Waals surface area (Å²) in [5.41, 5.74) is 7.28. The van der Waals surface area contributed by atoms with E-state index in [-0.39, 0.29) is 23.1 Å². The molecule has 2 fully saturated rings. The molecule has 0 saturated carbocycles. The average Bonchev–Trinajstić information content (AvgIpc) is 3.20. The minimum Gasteiger partial charge on any atom is -0.496 e. The van der Waals surface area contributed by atoms with E-state index in [2.05, 4.69) is 0 Å². The quantitative estimate of drug-likeness (QED) is 0.616. The summed E-state index contributed by atoms with van der Waals surface area (Å²) in [4.78, 5) is 29.9. The highest BCUT2D eigenvalue weighted by atomic mass is 19.1. The molecule has 2 aromatic rings. The molecule has 2 aliphatic rings. The van der Waals surface area contributed by atoms with Crippen LogP contribution in [0.2, 0.25) is 0 Å². The van der Waals surface area contributed by atoms with Crippen LogP contribution in [-0.2, 0) is 4.79 Å². The second-order valence-electron chi connectivity index (χ2n) is 8.78. The molecule has 0 unspecified atom stereocenters. The smallest absolute Gasteiger partial charge is 0.253 e. The molecule has 2 aromatic carbocycles. The summed E-state index contributed by atoms with van der Waals surface area (Å²) in [6.45, 7) is 1.43. The number of carbonyl (C=O) groups is 2. The molecule has 2 amide bonds. The minimum absolute atomic E-state index is 0.0385. The zero-order valence-electron chi connectivity index (χ0n) is 19.8. The number of methoxy groups -OCH3 is 2. The summed E-state index contributed by atoms with van der Waals surface area (Å²) >= 11 is 0. The number of halogens is 1. The van der Waals surface area contributed by atoms with Gasteiger partial charge in [0.15, 0.2) is 11.6 Å². The molecular formula is C26H29FN4O4. The molecule has 0 aliphatic carbocycles. The summed E-state index contributed by atoms with van der Waals surface area (Å²) in [6, 6.07) is 9.60. The van der Waals surface area contributed by atoms with Gasteiger partial charge in [-0.2, -0.15) is 0 Å². The van der Waals surface area contributed by atoms with Crippen molar-refractivity contribution in [2.45, 2.75) is 19.3 Å². The van der Waals surface area contributed by atoms with Crippen LogP contribution in [0, 0.1) is 16.6 Å². The van der Waals surface area contributed by atoms with Crippen molar-refractivity contribution in [2.75, 3.05) is 38.8 Å². The first kappa shape index (κ1) is 24.3. The van der Waals surface area contributed by atoms with Gasteiger partial charge in [0.2, 0.25) is 5.91 Å². The van der Waals surface area contributed by atoms with Crippen LogP contribution in [0.15, 0.2) is 42.6 Å². The van der Waals surface area contributed by atoms with Crippen LogP contribution in [0.5, 0.6) is 11.5 Å². The molecule has 2 saturated heterocycles. The first-order valence-electron chi connectivity index (χ1n) is 11.4. The second-order valence-corrected chi connectivity index (χ2v) is 8.78. The number of allylic oxidation sites excluding steroid dienone is 1. The fraction of sp³-hybridized carbons (Fsp3) is 0.346. The number of benzene rings is 2. The van der Waals surface area contributed by atoms with Crippen LogP contribution >= 0.6 is 0 Å². The Bertz CT molecular complexity index is 1190. The summed E-state index contributed by atoms with van der Waals surface area (Å²) < 4.78 is 24.5. The Hall–Kier alpha value is -3.88. The molecule has 9 heteroatoms. The first-order valence-corrected chi connectivity index (χ1v) is 11.4. The Morgan fingerprint density at radius 1 is 1.06 bits per heavy atom. The van der Waals surface area contributed by atoms with Crippen LogP contribution in [0.3, 0.4) is 0 Å². The highest BCUT2D eigenvalue weighted by Gasteiger charge is 2.49. The van der Waals surface area contributed by atoms with E-state index in [9.17, 15) is 14.0 Å². The standard InChI is InChI=1S/C26H29FN4O4/c1-34-22-6-3-17(13-21(22)27)24(32)30-10-7-26(8-11-30)9-12-31(25(26)33)19-4-5-20(18(15-28)16-29)23(14-19)35-2/h3-6,13-16,28H,7-12,29H2,1-2H3/b18-16+,28-15?. The van der Waals surface area contributed by atoms with Crippen LogP contribution in [0.25, 0.3) is 5.57 Å². The molecule has 2 aliphatic heterocycles. The summed E-state index contributed by atoms with van der Waals surface area (Å²) in [6.07, 6.45) is 4.30. The molecule has 0 atom stereocenters. The number of hydrogen-bond acceptors (Lipinski definition) is 6. The number of rotatable bonds is 6. The van der Waals surface area contributed by atoms with Crippen LogP contribution in [0.1, 0.15) is 35.2 Å². The summed E-state index contributed by atoms with van der Waals surface area (Å²) in [5.74, 6) is -0.169. The predicted molar refractivity (Wildman–Crippen MR) is 131 cm³/mol. The van der Waals surface area contributed by atoms with Gasteiger partial charge in [-0.25, -0.2) is 4.39 Å². The Kier molecular flexibility index (Phi) is 6.77. The van der Waals surface area contributed by atoms with Gasteiger partial charge in [-0.1, -0.05) is 0 Å². The molecule has 0 bridgehead atoms. The minimum atomic E-state index is -0.579. The lowest BCUT2D eigenvalue weighted by molar-refractivity contribution is -0.127. The highest BCUT2D eigenvalue weighted by molar-refractivity contribution is 6.09. The van der Waals surface area contributed by atoms with Gasteiger partial charge >= 0.3 is 0 Å². The van der Waals surface area contributed by atoms with Crippen molar-refractivity contribution in [2.24, 2.45) is 11.1 Å². The van der Waals surface area contributed by atoms with E-state index < -0.39 is 11.2 Å². The van der Waals surface area contributed by atoms with E-state index in [0.29, 0.717) is 55.8 Å². The van der Waals surface area contributed by atoms with Gasteiger partial charge in [0.25, 0.3) is 5.91 Å². The van der Waals surface area contributed by atoms with Crippen molar-refractivity contribution >= 4 is 29.3 Å². The molecule has 35 heavy (non-hydrogen) atoms. The van der Waals surface area contributed by atoms with Crippen LogP contribution in [0.4, 0.5) is 10.1 Å². The third-order valence-electron chi connectivity index (χ3n) is 7.06. The Morgan fingerprint density at radius 2 is 1.74 bits per heavy atom. The third-order valence-corrected chi connectivity index (χ3v) is 7.06. The Labute approximate surface area is 203 Å². The van der Waals surface area contributed by atoms with Gasteiger partial charge in [-0.3, -0.25) is 9.59 Å². The van der Waals surface area contributed by atoms with Gasteiger partial charge in [0.05, 0.1) is 19.6 Å². The van der Waals surface area contributed by atoms with E-state index in [1.165, 1.54) is 32.6 Å². The second kappa shape index (κ2) is 9.77. The lowest BCUT2D eigenvalue weighted by Gasteiger charge is -2.38. The van der Waals surface area contributed by atoms with Crippen LogP contribution < -0.4 is 20.1 Å². The summed E-state index contributed by atoms with van der Waals surface area (Å²) in [7, 11) is 2.91. The lowest BCUT2D eigenvalue weighted by Crippen LogP contribution is -2.46. The zero-order valence-corrected chi connectivity index (χ0v) is 19.8. The lowest BCUT2D eigenvalue weighted by atomic mass is 9.77. The van der Waals surface area contributed by atoms with E-state index in [1.54, 1.807) is 28.0 Å². The number of ether oxygens (including phenoxy) is 2. The molecule has 8 nitrogen and oxygen atoms in total. The number of carbonyl (C=O) groups excluding carboxylic acids is 2. The van der Waals surface area contributed by atoms with Gasteiger partial charge in [0.1, 0.15) is 5.75 Å². The maximum atomic E-state index is 14.1. The number of piperidine rings is 1. The van der Waals surface area contributed by atoms with E-state index in [0.717, 1.165) is 11.9 Å². The fourth-order valence-corrected chi connectivity index (χ4v) is 4.95. The van der Waals surface area contributed by atoms with Crippen molar-refractivity contribution in [3.63, 3.8) is 0 Å². The molecule has 2 heterocycles. The monoisotopic (exact) mass is 480 g/mol. The topological polar surface area (TPSA) is 109 Å². The number of nitrogens with two attached hydrogens (primary N) is 1. The summed E-state index contributed by atoms with van der Waals surface area (Å²) in [5, 5.41) is 7.54. The number of amides is 2. The van der Waals surface area contributed by atoms with Crippen molar-refractivity contribution in [3.05, 3.63) is 59.5 Å². The van der Waals surface area contributed by atoms with E-state index in [1.807, 2.05) is 6.07 Å². The number of nitrogens with one attached hydrogen (secondary N) is 1. The maximum absolute atomic E-state index is 14.1.